The Morgan fingerprint density at radius 3 is 2.21 bits per heavy atom. The van der Waals surface area contributed by atoms with E-state index in [1.165, 1.54) is 4.90 Å². The maximum Gasteiger partial charge on any atom is 0.494 e. The van der Waals surface area contributed by atoms with E-state index in [-0.39, 0.29) is 12.5 Å². The van der Waals surface area contributed by atoms with Crippen molar-refractivity contribution in [1.29, 1.82) is 0 Å². The van der Waals surface area contributed by atoms with Crippen LogP contribution in [-0.4, -0.2) is 49.8 Å². The summed E-state index contributed by atoms with van der Waals surface area (Å²) in [5.41, 5.74) is 1.88. The number of carbonyl (C=O) groups excluding carboxylic acids is 1. The lowest BCUT2D eigenvalue weighted by molar-refractivity contribution is 0.00578. The molecule has 4 radical (unpaired) electrons. The molecular weight excluding hydrogens is 349 g/mol. The zero-order valence-electron chi connectivity index (χ0n) is 16.6. The first-order chi connectivity index (χ1) is 13.0. The molecule has 1 aromatic heterocycles. The Hall–Kier alpha value is -2.05. The van der Waals surface area contributed by atoms with Crippen LogP contribution < -0.4 is 5.46 Å². The molecule has 0 aliphatic carbocycles. The molecule has 2 aliphatic rings. The second-order valence-electron chi connectivity index (χ2n) is 8.45. The number of carbonyl (C=O) groups is 1. The van der Waals surface area contributed by atoms with Crippen molar-refractivity contribution in [2.24, 2.45) is 0 Å². The zero-order valence-corrected chi connectivity index (χ0v) is 16.6. The fraction of sp³-hybridized carbons (Fsp3) is 0.400. The molecule has 5 nitrogen and oxygen atoms in total. The van der Waals surface area contributed by atoms with Crippen LogP contribution >= 0.6 is 0 Å². The lowest BCUT2D eigenvalue weighted by Gasteiger charge is -2.33. The fourth-order valence-corrected chi connectivity index (χ4v) is 3.48. The third-order valence-corrected chi connectivity index (χ3v) is 5.96. The van der Waals surface area contributed by atoms with Crippen molar-refractivity contribution in [3.63, 3.8) is 0 Å². The molecule has 8 heteroatoms. The van der Waals surface area contributed by atoms with Gasteiger partial charge in [0.15, 0.2) is 0 Å². The molecule has 1 fully saturated rings. The van der Waals surface area contributed by atoms with Gasteiger partial charge in [-0.05, 0) is 50.9 Å². The summed E-state index contributed by atoms with van der Waals surface area (Å²) < 4.78 is 12.2. The fourth-order valence-electron chi connectivity index (χ4n) is 3.48. The van der Waals surface area contributed by atoms with Gasteiger partial charge in [-0.3, -0.25) is 9.78 Å². The van der Waals surface area contributed by atoms with Crippen molar-refractivity contribution < 1.29 is 14.1 Å². The highest BCUT2D eigenvalue weighted by atomic mass is 16.7. The normalized spacial score (nSPS) is 21.8. The summed E-state index contributed by atoms with van der Waals surface area (Å²) in [4.78, 5) is 18.4. The molecule has 2 aliphatic heterocycles. The van der Waals surface area contributed by atoms with Crippen LogP contribution in [0, 0.1) is 0 Å². The van der Waals surface area contributed by atoms with Gasteiger partial charge in [0.05, 0.1) is 38.2 Å². The lowest BCUT2D eigenvalue weighted by Crippen LogP contribution is -2.44. The summed E-state index contributed by atoms with van der Waals surface area (Å²) in [6.07, 6.45) is 1.59. The minimum atomic E-state index is -1.43. The topological polar surface area (TPSA) is 51.7 Å². The standard InChI is InChI=1S/C20H21B3N2O3/c1-18(2)19(3,4)28-23(27-18)14-9-7-13(8-10-14)12-25-17(26)15-6-5-11-24-16(15)20(25,21)22/h5-11H,12H2,1-4H3. The Labute approximate surface area is 168 Å². The maximum absolute atomic E-state index is 12.7. The predicted octanol–water partition coefficient (Wildman–Crippen LogP) is 1.48. The van der Waals surface area contributed by atoms with E-state index in [4.69, 9.17) is 25.0 Å². The second kappa shape index (κ2) is 6.23. The quantitative estimate of drug-likeness (QED) is 0.769. The maximum atomic E-state index is 12.7. The van der Waals surface area contributed by atoms with Gasteiger partial charge in [0, 0.05) is 18.1 Å². The number of fused-ring (bicyclic) bond motifs is 1. The minimum Gasteiger partial charge on any atom is -0.399 e. The van der Waals surface area contributed by atoms with Gasteiger partial charge >= 0.3 is 7.12 Å². The summed E-state index contributed by atoms with van der Waals surface area (Å²) in [6, 6.07) is 11.1. The van der Waals surface area contributed by atoms with Crippen molar-refractivity contribution in [3.8, 4) is 0 Å². The number of pyridine rings is 1. The summed E-state index contributed by atoms with van der Waals surface area (Å²) in [5.74, 6) is -0.219. The molecule has 0 spiro atoms. The molecule has 28 heavy (non-hydrogen) atoms. The summed E-state index contributed by atoms with van der Waals surface area (Å²) >= 11 is 0. The molecule has 0 saturated carbocycles. The van der Waals surface area contributed by atoms with Gasteiger partial charge in [-0.2, -0.15) is 0 Å². The van der Waals surface area contributed by atoms with Gasteiger partial charge in [0.2, 0.25) is 0 Å². The Bertz CT molecular complexity index is 913. The summed E-state index contributed by atoms with van der Waals surface area (Å²) in [5, 5.41) is -1.43. The molecular formula is C20H21B3N2O3. The van der Waals surface area contributed by atoms with E-state index >= 15 is 0 Å². The molecule has 3 heterocycles. The van der Waals surface area contributed by atoms with Crippen LogP contribution in [0.15, 0.2) is 42.6 Å². The Morgan fingerprint density at radius 2 is 1.64 bits per heavy atom. The number of aromatic nitrogens is 1. The van der Waals surface area contributed by atoms with Crippen LogP contribution in [0.1, 0.15) is 49.3 Å². The van der Waals surface area contributed by atoms with Crippen molar-refractivity contribution in [3.05, 3.63) is 59.4 Å². The molecule has 4 rings (SSSR count). The minimum absolute atomic E-state index is 0.219. The van der Waals surface area contributed by atoms with Gasteiger partial charge in [-0.15, -0.1) is 0 Å². The smallest absolute Gasteiger partial charge is 0.399 e. The zero-order chi connectivity index (χ0) is 20.3. The number of rotatable bonds is 3. The monoisotopic (exact) mass is 370 g/mol. The van der Waals surface area contributed by atoms with Gasteiger partial charge in [-0.25, -0.2) is 0 Å². The molecule has 0 N–H and O–H groups in total. The van der Waals surface area contributed by atoms with Crippen molar-refractivity contribution in [2.75, 3.05) is 0 Å². The molecule has 1 aromatic carbocycles. The molecule has 138 valence electrons. The lowest BCUT2D eigenvalue weighted by atomic mass is 9.59. The van der Waals surface area contributed by atoms with Gasteiger partial charge in [0.1, 0.15) is 0 Å². The van der Waals surface area contributed by atoms with Crippen molar-refractivity contribution in [2.45, 2.75) is 50.8 Å². The van der Waals surface area contributed by atoms with Crippen LogP contribution in [0.3, 0.4) is 0 Å². The summed E-state index contributed by atoms with van der Waals surface area (Å²) in [6.45, 7) is 8.37. The van der Waals surface area contributed by atoms with Gasteiger partial charge in [-0.1, -0.05) is 24.3 Å². The van der Waals surface area contributed by atoms with Crippen molar-refractivity contribution in [1.82, 2.24) is 9.88 Å². The largest absolute Gasteiger partial charge is 0.494 e. The third kappa shape index (κ3) is 2.90. The van der Waals surface area contributed by atoms with Crippen LogP contribution in [0.5, 0.6) is 0 Å². The first kappa shape index (κ1) is 19.3. The van der Waals surface area contributed by atoms with Gasteiger partial charge in [0.25, 0.3) is 5.91 Å². The van der Waals surface area contributed by atoms with Crippen LogP contribution in [0.4, 0.5) is 0 Å². The van der Waals surface area contributed by atoms with E-state index in [2.05, 4.69) is 4.98 Å². The van der Waals surface area contributed by atoms with Crippen LogP contribution in [0.25, 0.3) is 0 Å². The molecule has 0 unspecified atom stereocenters. The number of benzene rings is 1. The van der Waals surface area contributed by atoms with E-state index in [1.54, 1.807) is 18.3 Å². The van der Waals surface area contributed by atoms with E-state index < -0.39 is 23.7 Å². The number of hydrogen-bond acceptors (Lipinski definition) is 4. The first-order valence-electron chi connectivity index (χ1n) is 9.33. The molecule has 1 amide bonds. The van der Waals surface area contributed by atoms with Crippen molar-refractivity contribution >= 4 is 34.2 Å². The SMILES string of the molecule is [B]C1([B])c2ncccc2C(=O)N1Cc1ccc(B2OC(C)(C)C(C)(C)O2)cc1. The van der Waals surface area contributed by atoms with Gasteiger partial charge < -0.3 is 14.2 Å². The third-order valence-electron chi connectivity index (χ3n) is 5.96. The first-order valence-corrected chi connectivity index (χ1v) is 9.33. The molecule has 1 saturated heterocycles. The number of nitrogens with zero attached hydrogens (tertiary/aromatic N) is 2. The van der Waals surface area contributed by atoms with E-state index in [9.17, 15) is 4.79 Å². The van der Waals surface area contributed by atoms with Crippen LogP contribution in [0.2, 0.25) is 0 Å². The number of amides is 1. The molecule has 0 bridgehead atoms. The Kier molecular flexibility index (Phi) is 4.29. The number of hydrogen-bond donors (Lipinski definition) is 0. The van der Waals surface area contributed by atoms with Crippen LogP contribution in [-0.2, 0) is 21.2 Å². The second-order valence-corrected chi connectivity index (χ2v) is 8.45. The average molecular weight is 370 g/mol. The Morgan fingerprint density at radius 1 is 1.04 bits per heavy atom. The summed E-state index contributed by atoms with van der Waals surface area (Å²) in [7, 11) is 12.1. The Balaban J connectivity index is 1.53. The predicted molar refractivity (Wildman–Crippen MR) is 109 cm³/mol. The average Bonchev–Trinajstić information content (AvgIpc) is 2.97. The molecule has 0 atom stereocenters. The highest BCUT2D eigenvalue weighted by Gasteiger charge is 2.51. The van der Waals surface area contributed by atoms with E-state index in [1.807, 2.05) is 52.0 Å². The highest BCUT2D eigenvalue weighted by molar-refractivity contribution is 6.62. The molecule has 2 aromatic rings. The van der Waals surface area contributed by atoms with E-state index in [0.717, 1.165) is 11.0 Å². The van der Waals surface area contributed by atoms with E-state index in [0.29, 0.717) is 11.3 Å². The highest BCUT2D eigenvalue weighted by Crippen LogP contribution is 2.37.